The third kappa shape index (κ3) is 2.52. The summed E-state index contributed by atoms with van der Waals surface area (Å²) in [6.07, 6.45) is -3.22. The van der Waals surface area contributed by atoms with E-state index in [0.29, 0.717) is 12.5 Å². The lowest BCUT2D eigenvalue weighted by atomic mass is 9.90. The van der Waals surface area contributed by atoms with Gasteiger partial charge in [0.05, 0.1) is 21.7 Å². The number of alkyl halides is 3. The Bertz CT molecular complexity index is 415. The number of hydrogen-bond acceptors (Lipinski definition) is 2. The predicted octanol–water partition coefficient (Wildman–Crippen LogP) is 3.23. The highest BCUT2D eigenvalue weighted by atomic mass is 35.5. The molecule has 0 fully saturated rings. The van der Waals surface area contributed by atoms with Gasteiger partial charge in [-0.25, -0.2) is 0 Å². The highest BCUT2D eigenvalue weighted by Crippen LogP contribution is 2.33. The van der Waals surface area contributed by atoms with Gasteiger partial charge >= 0.3 is 6.18 Å². The van der Waals surface area contributed by atoms with Crippen LogP contribution in [0.15, 0.2) is 12.3 Å². The molecule has 0 radical (unpaired) electrons. The van der Waals surface area contributed by atoms with Crippen LogP contribution in [0.1, 0.15) is 25.1 Å². The SMILES string of the molecule is CC(C)(C=O)c1ncc(C(F)(F)F)cc1Cl. The Kier molecular flexibility index (Phi) is 3.28. The zero-order valence-corrected chi connectivity index (χ0v) is 9.36. The molecule has 6 heteroatoms. The molecule has 0 unspecified atom stereocenters. The van der Waals surface area contributed by atoms with Crippen molar-refractivity contribution in [3.05, 3.63) is 28.5 Å². The van der Waals surface area contributed by atoms with Gasteiger partial charge in [-0.05, 0) is 19.9 Å². The van der Waals surface area contributed by atoms with Crippen LogP contribution in [0.3, 0.4) is 0 Å². The molecular weight excluding hydrogens is 243 g/mol. The number of pyridine rings is 1. The van der Waals surface area contributed by atoms with Crippen molar-refractivity contribution in [1.29, 1.82) is 0 Å². The Hall–Kier alpha value is -1.10. The summed E-state index contributed by atoms with van der Waals surface area (Å²) in [4.78, 5) is 14.3. The monoisotopic (exact) mass is 251 g/mol. The number of halogens is 4. The molecule has 2 nitrogen and oxygen atoms in total. The van der Waals surface area contributed by atoms with E-state index in [1.54, 1.807) is 0 Å². The molecule has 1 aromatic rings. The van der Waals surface area contributed by atoms with Crippen LogP contribution in [0.2, 0.25) is 5.02 Å². The largest absolute Gasteiger partial charge is 0.417 e. The van der Waals surface area contributed by atoms with E-state index in [2.05, 4.69) is 4.98 Å². The van der Waals surface area contributed by atoms with Gasteiger partial charge in [0.15, 0.2) is 0 Å². The van der Waals surface area contributed by atoms with E-state index >= 15 is 0 Å². The fourth-order valence-corrected chi connectivity index (χ4v) is 1.53. The fourth-order valence-electron chi connectivity index (χ4n) is 1.12. The van der Waals surface area contributed by atoms with Crippen molar-refractivity contribution in [1.82, 2.24) is 4.98 Å². The highest BCUT2D eigenvalue weighted by molar-refractivity contribution is 6.31. The van der Waals surface area contributed by atoms with Crippen LogP contribution >= 0.6 is 11.6 Å². The molecule has 88 valence electrons. The molecule has 0 aromatic carbocycles. The second-order valence-corrected chi connectivity index (χ2v) is 4.30. The molecular formula is C10H9ClF3NO. The number of nitrogens with zero attached hydrogens (tertiary/aromatic N) is 1. The summed E-state index contributed by atoms with van der Waals surface area (Å²) in [6.45, 7) is 3.06. The maximum absolute atomic E-state index is 12.3. The van der Waals surface area contributed by atoms with Crippen LogP contribution < -0.4 is 0 Å². The number of aldehydes is 1. The summed E-state index contributed by atoms with van der Waals surface area (Å²) >= 11 is 5.68. The fraction of sp³-hybridized carbons (Fsp3) is 0.400. The van der Waals surface area contributed by atoms with Gasteiger partial charge in [0.2, 0.25) is 0 Å². The molecule has 0 saturated heterocycles. The molecule has 1 aromatic heterocycles. The average molecular weight is 252 g/mol. The van der Waals surface area contributed by atoms with Gasteiger partial charge in [-0.15, -0.1) is 0 Å². The Morgan fingerprint density at radius 3 is 2.31 bits per heavy atom. The maximum Gasteiger partial charge on any atom is 0.417 e. The minimum Gasteiger partial charge on any atom is -0.302 e. The predicted molar refractivity (Wildman–Crippen MR) is 53.3 cm³/mol. The number of rotatable bonds is 2. The lowest BCUT2D eigenvalue weighted by Crippen LogP contribution is -2.21. The normalized spacial score (nSPS) is 12.6. The first-order valence-electron chi connectivity index (χ1n) is 4.38. The summed E-state index contributed by atoms with van der Waals surface area (Å²) in [6, 6.07) is 0.773. The molecule has 1 rings (SSSR count). The van der Waals surface area contributed by atoms with Crippen LogP contribution in [0.4, 0.5) is 13.2 Å². The van der Waals surface area contributed by atoms with Crippen LogP contribution in [0.25, 0.3) is 0 Å². The number of carbonyl (C=O) groups excluding carboxylic acids is 1. The molecule has 1 heterocycles. The third-order valence-corrected chi connectivity index (χ3v) is 2.36. The second kappa shape index (κ2) is 4.05. The van der Waals surface area contributed by atoms with Crippen molar-refractivity contribution < 1.29 is 18.0 Å². The molecule has 0 bridgehead atoms. The van der Waals surface area contributed by atoms with E-state index in [1.165, 1.54) is 13.8 Å². The lowest BCUT2D eigenvalue weighted by Gasteiger charge is -2.18. The minimum atomic E-state index is -4.49. The number of carbonyl (C=O) groups is 1. The molecule has 0 aliphatic rings. The first kappa shape index (κ1) is 13.0. The lowest BCUT2D eigenvalue weighted by molar-refractivity contribution is -0.137. The minimum absolute atomic E-state index is 0.136. The molecule has 0 amide bonds. The molecule has 0 saturated carbocycles. The summed E-state index contributed by atoms with van der Waals surface area (Å²) in [5.41, 5.74) is -1.79. The topological polar surface area (TPSA) is 30.0 Å². The maximum atomic E-state index is 12.3. The van der Waals surface area contributed by atoms with E-state index in [0.717, 1.165) is 6.07 Å². The molecule has 0 spiro atoms. The zero-order chi connectivity index (χ0) is 12.6. The van der Waals surface area contributed by atoms with Crippen molar-refractivity contribution >= 4 is 17.9 Å². The van der Waals surface area contributed by atoms with E-state index < -0.39 is 17.2 Å². The summed E-state index contributed by atoms with van der Waals surface area (Å²) in [5, 5.41) is -0.160. The van der Waals surface area contributed by atoms with Gasteiger partial charge in [-0.2, -0.15) is 13.2 Å². The van der Waals surface area contributed by atoms with Gasteiger partial charge in [0.25, 0.3) is 0 Å². The summed E-state index contributed by atoms with van der Waals surface area (Å²) in [5.74, 6) is 0. The Morgan fingerprint density at radius 2 is 1.94 bits per heavy atom. The molecule has 0 aliphatic heterocycles. The highest BCUT2D eigenvalue weighted by Gasteiger charge is 2.33. The van der Waals surface area contributed by atoms with E-state index in [4.69, 9.17) is 11.6 Å². The Labute approximate surface area is 95.4 Å². The standard InChI is InChI=1S/C10H9ClF3NO/c1-9(2,5-16)8-7(11)3-6(4-15-8)10(12,13)14/h3-5H,1-2H3. The number of aromatic nitrogens is 1. The molecule has 0 N–H and O–H groups in total. The molecule has 0 aliphatic carbocycles. The Morgan fingerprint density at radius 1 is 1.38 bits per heavy atom. The number of hydrogen-bond donors (Lipinski definition) is 0. The quantitative estimate of drug-likeness (QED) is 0.756. The smallest absolute Gasteiger partial charge is 0.302 e. The van der Waals surface area contributed by atoms with Crippen molar-refractivity contribution in [3.63, 3.8) is 0 Å². The van der Waals surface area contributed by atoms with Crippen LogP contribution in [-0.2, 0) is 16.4 Å². The first-order chi connectivity index (χ1) is 7.18. The first-order valence-corrected chi connectivity index (χ1v) is 4.76. The van der Waals surface area contributed by atoms with E-state index in [-0.39, 0.29) is 10.7 Å². The van der Waals surface area contributed by atoms with Crippen LogP contribution in [0, 0.1) is 0 Å². The van der Waals surface area contributed by atoms with Gasteiger partial charge in [0, 0.05) is 6.20 Å². The van der Waals surface area contributed by atoms with Gasteiger partial charge in [-0.1, -0.05) is 11.6 Å². The third-order valence-electron chi connectivity index (χ3n) is 2.07. The molecule has 0 atom stereocenters. The van der Waals surface area contributed by atoms with E-state index in [1.807, 2.05) is 0 Å². The summed E-state index contributed by atoms with van der Waals surface area (Å²) in [7, 11) is 0. The average Bonchev–Trinajstić information content (AvgIpc) is 2.16. The van der Waals surface area contributed by atoms with Gasteiger partial charge in [-0.3, -0.25) is 4.98 Å². The molecule has 16 heavy (non-hydrogen) atoms. The Balaban J connectivity index is 3.25. The van der Waals surface area contributed by atoms with Gasteiger partial charge < -0.3 is 4.79 Å². The van der Waals surface area contributed by atoms with Gasteiger partial charge in [0.1, 0.15) is 6.29 Å². The van der Waals surface area contributed by atoms with Crippen molar-refractivity contribution in [2.45, 2.75) is 25.4 Å². The zero-order valence-electron chi connectivity index (χ0n) is 8.60. The van der Waals surface area contributed by atoms with Crippen molar-refractivity contribution in [2.24, 2.45) is 0 Å². The second-order valence-electron chi connectivity index (χ2n) is 3.89. The van der Waals surface area contributed by atoms with Crippen molar-refractivity contribution in [3.8, 4) is 0 Å². The van der Waals surface area contributed by atoms with Crippen molar-refractivity contribution in [2.75, 3.05) is 0 Å². The summed E-state index contributed by atoms with van der Waals surface area (Å²) < 4.78 is 36.9. The van der Waals surface area contributed by atoms with Crippen LogP contribution in [-0.4, -0.2) is 11.3 Å². The van der Waals surface area contributed by atoms with E-state index in [9.17, 15) is 18.0 Å². The van der Waals surface area contributed by atoms with Crippen LogP contribution in [0.5, 0.6) is 0 Å².